The molecule has 0 heterocycles. The zero-order valence-electron chi connectivity index (χ0n) is 9.81. The highest BCUT2D eigenvalue weighted by Crippen LogP contribution is 2.11. The number of halogens is 2. The highest BCUT2D eigenvalue weighted by molar-refractivity contribution is 14.1. The van der Waals surface area contributed by atoms with E-state index in [1.807, 2.05) is 36.4 Å². The molecule has 2 aromatic rings. The van der Waals surface area contributed by atoms with Gasteiger partial charge in [0.2, 0.25) is 0 Å². The summed E-state index contributed by atoms with van der Waals surface area (Å²) in [6.45, 7) is 0. The highest BCUT2D eigenvalue weighted by Gasteiger charge is 2.03. The van der Waals surface area contributed by atoms with Crippen molar-refractivity contribution < 1.29 is 4.79 Å². The Labute approximate surface area is 133 Å². The maximum Gasteiger partial charge on any atom is 0.271 e. The number of hydrogen-bond acceptors (Lipinski definition) is 2. The van der Waals surface area contributed by atoms with Crippen molar-refractivity contribution in [1.82, 2.24) is 5.43 Å². The number of benzene rings is 2. The average molecular weight is 429 g/mol. The smallest absolute Gasteiger partial charge is 0.267 e. The van der Waals surface area contributed by atoms with Crippen molar-refractivity contribution in [3.8, 4) is 0 Å². The number of rotatable bonds is 3. The number of hydrazone groups is 1. The first-order valence-electron chi connectivity index (χ1n) is 5.50. The molecule has 0 aliphatic carbocycles. The third kappa shape index (κ3) is 4.43. The standard InChI is InChI=1S/C14H10BrIN2O/c15-12-5-2-4-11(8-12)14(19)18-17-9-10-3-1-6-13(16)7-10/h1-9H,(H,18,19)/b17-9-. The van der Waals surface area contributed by atoms with Crippen molar-refractivity contribution >= 4 is 50.6 Å². The lowest BCUT2D eigenvalue weighted by Gasteiger charge is -2.00. The Morgan fingerprint density at radius 2 is 2.00 bits per heavy atom. The van der Waals surface area contributed by atoms with Crippen LogP contribution in [0.1, 0.15) is 15.9 Å². The second-order valence-electron chi connectivity index (χ2n) is 3.76. The van der Waals surface area contributed by atoms with Crippen molar-refractivity contribution in [2.45, 2.75) is 0 Å². The fourth-order valence-corrected chi connectivity index (χ4v) is 2.41. The Kier molecular flexibility index (Phi) is 5.09. The van der Waals surface area contributed by atoms with E-state index < -0.39 is 0 Å². The van der Waals surface area contributed by atoms with Crippen LogP contribution in [0.25, 0.3) is 0 Å². The van der Waals surface area contributed by atoms with Crippen LogP contribution in [0.2, 0.25) is 0 Å². The molecule has 1 N–H and O–H groups in total. The van der Waals surface area contributed by atoms with Crippen molar-refractivity contribution in [2.75, 3.05) is 0 Å². The molecule has 0 atom stereocenters. The van der Waals surface area contributed by atoms with E-state index in [1.165, 1.54) is 0 Å². The zero-order chi connectivity index (χ0) is 13.7. The lowest BCUT2D eigenvalue weighted by Crippen LogP contribution is -2.17. The fraction of sp³-hybridized carbons (Fsp3) is 0. The predicted octanol–water partition coefficient (Wildman–Crippen LogP) is 3.82. The number of carbonyl (C=O) groups is 1. The molecule has 2 aromatic carbocycles. The van der Waals surface area contributed by atoms with E-state index in [-0.39, 0.29) is 5.91 Å². The molecular weight excluding hydrogens is 419 g/mol. The zero-order valence-corrected chi connectivity index (χ0v) is 13.6. The Morgan fingerprint density at radius 1 is 1.21 bits per heavy atom. The molecule has 0 aliphatic heterocycles. The molecule has 0 aromatic heterocycles. The van der Waals surface area contributed by atoms with Gasteiger partial charge in [-0.05, 0) is 58.5 Å². The number of amides is 1. The van der Waals surface area contributed by atoms with Gasteiger partial charge in [-0.2, -0.15) is 5.10 Å². The second kappa shape index (κ2) is 6.81. The molecule has 19 heavy (non-hydrogen) atoms. The van der Waals surface area contributed by atoms with Gasteiger partial charge in [-0.1, -0.05) is 34.1 Å². The van der Waals surface area contributed by atoms with Crippen LogP contribution in [-0.2, 0) is 0 Å². The third-order valence-corrected chi connectivity index (χ3v) is 3.48. The van der Waals surface area contributed by atoms with Gasteiger partial charge in [-0.25, -0.2) is 5.43 Å². The summed E-state index contributed by atoms with van der Waals surface area (Å²) in [5, 5.41) is 3.95. The lowest BCUT2D eigenvalue weighted by molar-refractivity contribution is 0.0955. The van der Waals surface area contributed by atoms with E-state index in [1.54, 1.807) is 18.3 Å². The van der Waals surface area contributed by atoms with Crippen LogP contribution in [-0.4, -0.2) is 12.1 Å². The maximum atomic E-state index is 11.8. The minimum atomic E-state index is -0.233. The second-order valence-corrected chi connectivity index (χ2v) is 5.93. The van der Waals surface area contributed by atoms with Crippen molar-refractivity contribution in [2.24, 2.45) is 5.10 Å². The Bertz CT molecular complexity index is 628. The van der Waals surface area contributed by atoms with Gasteiger partial charge in [-0.3, -0.25) is 4.79 Å². The summed E-state index contributed by atoms with van der Waals surface area (Å²) in [5.41, 5.74) is 4.01. The number of carbonyl (C=O) groups excluding carboxylic acids is 1. The van der Waals surface area contributed by atoms with Gasteiger partial charge in [0.15, 0.2) is 0 Å². The largest absolute Gasteiger partial charge is 0.271 e. The molecule has 0 saturated heterocycles. The molecule has 0 aliphatic rings. The molecule has 3 nitrogen and oxygen atoms in total. The first-order valence-corrected chi connectivity index (χ1v) is 7.37. The Morgan fingerprint density at radius 3 is 2.74 bits per heavy atom. The molecular formula is C14H10BrIN2O. The van der Waals surface area contributed by atoms with E-state index in [0.29, 0.717) is 5.56 Å². The summed E-state index contributed by atoms with van der Waals surface area (Å²) in [4.78, 5) is 11.8. The molecule has 96 valence electrons. The topological polar surface area (TPSA) is 41.5 Å². The number of nitrogens with zero attached hydrogens (tertiary/aromatic N) is 1. The highest BCUT2D eigenvalue weighted by atomic mass is 127. The normalized spacial score (nSPS) is 10.6. The summed E-state index contributed by atoms with van der Waals surface area (Å²) < 4.78 is 1.99. The van der Waals surface area contributed by atoms with Crippen LogP contribution < -0.4 is 5.43 Å². The minimum absolute atomic E-state index is 0.233. The van der Waals surface area contributed by atoms with E-state index in [9.17, 15) is 4.79 Å². The molecule has 0 spiro atoms. The molecule has 0 fully saturated rings. The Hall–Kier alpha value is -1.21. The Balaban J connectivity index is 2.01. The van der Waals surface area contributed by atoms with Crippen LogP contribution in [0.15, 0.2) is 58.1 Å². The molecule has 0 bridgehead atoms. The lowest BCUT2D eigenvalue weighted by atomic mass is 10.2. The van der Waals surface area contributed by atoms with Gasteiger partial charge < -0.3 is 0 Å². The molecule has 5 heteroatoms. The monoisotopic (exact) mass is 428 g/mol. The summed E-state index contributed by atoms with van der Waals surface area (Å²) in [5.74, 6) is -0.233. The summed E-state index contributed by atoms with van der Waals surface area (Å²) in [6, 6.07) is 15.0. The summed E-state index contributed by atoms with van der Waals surface area (Å²) in [6.07, 6.45) is 1.62. The molecule has 0 radical (unpaired) electrons. The minimum Gasteiger partial charge on any atom is -0.267 e. The molecule has 2 rings (SSSR count). The number of nitrogens with one attached hydrogen (secondary N) is 1. The van der Waals surface area contributed by atoms with Crippen molar-refractivity contribution in [3.05, 3.63) is 67.7 Å². The van der Waals surface area contributed by atoms with E-state index in [2.05, 4.69) is 49.0 Å². The number of hydrogen-bond donors (Lipinski definition) is 1. The predicted molar refractivity (Wildman–Crippen MR) is 88.4 cm³/mol. The SMILES string of the molecule is O=C(N/N=C\c1cccc(I)c1)c1cccc(Br)c1. The average Bonchev–Trinajstić information content (AvgIpc) is 2.38. The quantitative estimate of drug-likeness (QED) is 0.450. The maximum absolute atomic E-state index is 11.8. The van der Waals surface area contributed by atoms with E-state index in [4.69, 9.17) is 0 Å². The van der Waals surface area contributed by atoms with Crippen molar-refractivity contribution in [1.29, 1.82) is 0 Å². The fourth-order valence-electron chi connectivity index (χ4n) is 1.45. The van der Waals surface area contributed by atoms with Crippen LogP contribution in [0, 0.1) is 3.57 Å². The van der Waals surface area contributed by atoms with Gasteiger partial charge in [0, 0.05) is 13.6 Å². The van der Waals surface area contributed by atoms with Crippen LogP contribution in [0.5, 0.6) is 0 Å². The molecule has 0 saturated carbocycles. The van der Waals surface area contributed by atoms with Crippen LogP contribution >= 0.6 is 38.5 Å². The van der Waals surface area contributed by atoms with Gasteiger partial charge in [-0.15, -0.1) is 0 Å². The first-order chi connectivity index (χ1) is 9.15. The summed E-state index contributed by atoms with van der Waals surface area (Å²) >= 11 is 5.55. The van der Waals surface area contributed by atoms with Crippen LogP contribution in [0.3, 0.4) is 0 Å². The van der Waals surface area contributed by atoms with Crippen molar-refractivity contribution in [3.63, 3.8) is 0 Å². The summed E-state index contributed by atoms with van der Waals surface area (Å²) in [7, 11) is 0. The third-order valence-electron chi connectivity index (χ3n) is 2.32. The molecule has 0 unspecified atom stereocenters. The van der Waals surface area contributed by atoms with E-state index in [0.717, 1.165) is 13.6 Å². The van der Waals surface area contributed by atoms with Gasteiger partial charge in [0.25, 0.3) is 5.91 Å². The van der Waals surface area contributed by atoms with Gasteiger partial charge in [0.1, 0.15) is 0 Å². The molecule has 1 amide bonds. The van der Waals surface area contributed by atoms with Gasteiger partial charge >= 0.3 is 0 Å². The van der Waals surface area contributed by atoms with Gasteiger partial charge in [0.05, 0.1) is 6.21 Å². The van der Waals surface area contributed by atoms with E-state index >= 15 is 0 Å². The van der Waals surface area contributed by atoms with Crippen LogP contribution in [0.4, 0.5) is 0 Å². The first kappa shape index (κ1) is 14.2.